The number of methoxy groups -OCH3 is 1. The molecule has 3 N–H and O–H groups in total. The van der Waals surface area contributed by atoms with Gasteiger partial charge in [0.1, 0.15) is 6.04 Å². The van der Waals surface area contributed by atoms with Crippen molar-refractivity contribution in [1.82, 2.24) is 5.32 Å². The lowest BCUT2D eigenvalue weighted by Gasteiger charge is -2.29. The first-order chi connectivity index (χ1) is 7.95. The van der Waals surface area contributed by atoms with Gasteiger partial charge in [-0.05, 0) is 12.8 Å². The maximum absolute atomic E-state index is 12.5. The second kappa shape index (κ2) is 5.55. The van der Waals surface area contributed by atoms with E-state index in [1.54, 1.807) is 13.8 Å². The summed E-state index contributed by atoms with van der Waals surface area (Å²) in [7, 11) is 1.08. The Morgan fingerprint density at radius 3 is 2.00 bits per heavy atom. The van der Waals surface area contributed by atoms with Gasteiger partial charge in [0, 0.05) is 0 Å². The van der Waals surface area contributed by atoms with E-state index in [1.807, 2.05) is 5.32 Å². The molecule has 0 aromatic rings. The molecule has 0 aromatic heterocycles. The highest BCUT2D eigenvalue weighted by atomic mass is 19.4. The van der Waals surface area contributed by atoms with E-state index in [-0.39, 0.29) is 0 Å². The number of halogens is 3. The summed E-state index contributed by atoms with van der Waals surface area (Å²) in [4.78, 5) is 22.8. The molecule has 0 aliphatic rings. The fourth-order valence-electron chi connectivity index (χ4n) is 1.04. The number of carbonyl (C=O) groups excluding carboxylic acids is 2. The topological polar surface area (TPSA) is 81.4 Å². The molecule has 0 aliphatic carbocycles. The lowest BCUT2D eigenvalue weighted by molar-refractivity contribution is -0.188. The highest BCUT2D eigenvalue weighted by molar-refractivity contribution is 5.90. The summed E-state index contributed by atoms with van der Waals surface area (Å²) >= 11 is 0. The van der Waals surface area contributed by atoms with Crippen LogP contribution in [0.3, 0.4) is 0 Å². The van der Waals surface area contributed by atoms with Crippen molar-refractivity contribution in [2.24, 2.45) is 11.7 Å². The van der Waals surface area contributed by atoms with Crippen molar-refractivity contribution >= 4 is 11.9 Å². The molecule has 1 amide bonds. The van der Waals surface area contributed by atoms with E-state index in [9.17, 15) is 22.8 Å². The maximum atomic E-state index is 12.5. The molecule has 2 atom stereocenters. The van der Waals surface area contributed by atoms with E-state index >= 15 is 0 Å². The molecular formula is C10H17F3N2O3. The SMILES string of the molecule is COC(=O)[C@@H](NC(=O)C(C)(N)C(F)(F)F)C(C)C. The minimum atomic E-state index is -4.91. The molecule has 1 unspecified atom stereocenters. The van der Waals surface area contributed by atoms with Gasteiger partial charge in [-0.3, -0.25) is 4.79 Å². The van der Waals surface area contributed by atoms with Crippen LogP contribution in [-0.2, 0) is 14.3 Å². The Labute approximate surface area is 103 Å². The van der Waals surface area contributed by atoms with Crippen LogP contribution >= 0.6 is 0 Å². The molecule has 0 bridgehead atoms. The van der Waals surface area contributed by atoms with Crippen molar-refractivity contribution < 1.29 is 27.5 Å². The van der Waals surface area contributed by atoms with Crippen molar-refractivity contribution in [3.63, 3.8) is 0 Å². The van der Waals surface area contributed by atoms with Gasteiger partial charge in [0.25, 0.3) is 0 Å². The largest absolute Gasteiger partial charge is 0.467 e. The molecule has 0 radical (unpaired) electrons. The van der Waals surface area contributed by atoms with Gasteiger partial charge < -0.3 is 15.8 Å². The zero-order valence-corrected chi connectivity index (χ0v) is 10.6. The zero-order valence-electron chi connectivity index (χ0n) is 10.6. The van der Waals surface area contributed by atoms with Crippen molar-refractivity contribution in [3.8, 4) is 0 Å². The Balaban J connectivity index is 4.98. The molecule has 0 aliphatic heterocycles. The number of amides is 1. The van der Waals surface area contributed by atoms with E-state index in [0.717, 1.165) is 7.11 Å². The summed E-state index contributed by atoms with van der Waals surface area (Å²) < 4.78 is 41.9. The minimum Gasteiger partial charge on any atom is -0.467 e. The zero-order chi connectivity index (χ0) is 14.7. The van der Waals surface area contributed by atoms with Gasteiger partial charge >= 0.3 is 12.1 Å². The average molecular weight is 270 g/mol. The number of alkyl halides is 3. The smallest absolute Gasteiger partial charge is 0.415 e. The number of nitrogens with two attached hydrogens (primary N) is 1. The van der Waals surface area contributed by atoms with Gasteiger partial charge in [0.05, 0.1) is 7.11 Å². The van der Waals surface area contributed by atoms with E-state index in [4.69, 9.17) is 5.73 Å². The number of carbonyl (C=O) groups is 2. The highest BCUT2D eigenvalue weighted by Crippen LogP contribution is 2.28. The van der Waals surface area contributed by atoms with Gasteiger partial charge in [-0.2, -0.15) is 13.2 Å². The molecule has 0 rings (SSSR count). The standard InChI is InChI=1S/C10H17F3N2O3/c1-5(2)6(7(16)18-4)15-8(17)9(3,14)10(11,12)13/h5-6H,14H2,1-4H3,(H,15,17)/t6-,9?/m0/s1. The first-order valence-corrected chi connectivity index (χ1v) is 5.19. The van der Waals surface area contributed by atoms with E-state index in [0.29, 0.717) is 6.92 Å². The van der Waals surface area contributed by atoms with Crippen LogP contribution < -0.4 is 11.1 Å². The van der Waals surface area contributed by atoms with Crippen LogP contribution in [-0.4, -0.2) is 36.7 Å². The third-order valence-electron chi connectivity index (χ3n) is 2.47. The van der Waals surface area contributed by atoms with Crippen molar-refractivity contribution in [3.05, 3.63) is 0 Å². The Bertz CT molecular complexity index is 327. The summed E-state index contributed by atoms with van der Waals surface area (Å²) in [6.07, 6.45) is -4.91. The normalized spacial score (nSPS) is 16.9. The lowest BCUT2D eigenvalue weighted by Crippen LogP contribution is -2.64. The predicted octanol–water partition coefficient (Wildman–Crippen LogP) is 0.580. The third-order valence-corrected chi connectivity index (χ3v) is 2.47. The van der Waals surface area contributed by atoms with E-state index in [2.05, 4.69) is 4.74 Å². The van der Waals surface area contributed by atoms with Gasteiger partial charge in [-0.25, -0.2) is 4.79 Å². The molecule has 0 fully saturated rings. The van der Waals surface area contributed by atoms with Crippen LogP contribution in [0, 0.1) is 5.92 Å². The van der Waals surface area contributed by atoms with Gasteiger partial charge in [0.2, 0.25) is 5.91 Å². The molecule has 18 heavy (non-hydrogen) atoms. The van der Waals surface area contributed by atoms with E-state index in [1.165, 1.54) is 0 Å². The van der Waals surface area contributed by atoms with Gasteiger partial charge in [0.15, 0.2) is 5.54 Å². The van der Waals surface area contributed by atoms with E-state index < -0.39 is 35.6 Å². The average Bonchev–Trinajstić information content (AvgIpc) is 2.22. The van der Waals surface area contributed by atoms with Crippen molar-refractivity contribution in [2.45, 2.75) is 38.5 Å². The van der Waals surface area contributed by atoms with Crippen LogP contribution in [0.5, 0.6) is 0 Å². The molecule has 5 nitrogen and oxygen atoms in total. The predicted molar refractivity (Wildman–Crippen MR) is 57.4 cm³/mol. The molecule has 8 heteroatoms. The van der Waals surface area contributed by atoms with Crippen LogP contribution in [0.1, 0.15) is 20.8 Å². The first-order valence-electron chi connectivity index (χ1n) is 5.19. The van der Waals surface area contributed by atoms with Crippen LogP contribution in [0.2, 0.25) is 0 Å². The summed E-state index contributed by atoms with van der Waals surface area (Å²) in [6, 6.07) is -1.17. The number of hydrogen-bond donors (Lipinski definition) is 2. The Morgan fingerprint density at radius 1 is 1.28 bits per heavy atom. The molecule has 0 heterocycles. The quantitative estimate of drug-likeness (QED) is 0.732. The molecule has 0 aromatic carbocycles. The fraction of sp³-hybridized carbons (Fsp3) is 0.800. The molecule has 106 valence electrons. The Morgan fingerprint density at radius 2 is 1.72 bits per heavy atom. The summed E-state index contributed by atoms with van der Waals surface area (Å²) in [5, 5.41) is 1.96. The number of nitrogens with one attached hydrogen (secondary N) is 1. The second-order valence-electron chi connectivity index (χ2n) is 4.42. The molecule has 0 spiro atoms. The highest BCUT2D eigenvalue weighted by Gasteiger charge is 2.54. The summed E-state index contributed by atoms with van der Waals surface area (Å²) in [5.74, 6) is -2.72. The number of rotatable bonds is 4. The fourth-order valence-corrected chi connectivity index (χ4v) is 1.04. The van der Waals surface area contributed by atoms with Crippen LogP contribution in [0.4, 0.5) is 13.2 Å². The molecule has 0 saturated carbocycles. The minimum absolute atomic E-state index is 0.426. The summed E-state index contributed by atoms with van der Waals surface area (Å²) in [6.45, 7) is 3.66. The number of hydrogen-bond acceptors (Lipinski definition) is 4. The van der Waals surface area contributed by atoms with Crippen molar-refractivity contribution in [1.29, 1.82) is 0 Å². The van der Waals surface area contributed by atoms with Crippen LogP contribution in [0.25, 0.3) is 0 Å². The number of esters is 1. The summed E-state index contributed by atoms with van der Waals surface area (Å²) in [5.41, 5.74) is 1.88. The molecule has 0 saturated heterocycles. The third kappa shape index (κ3) is 3.59. The van der Waals surface area contributed by atoms with Crippen LogP contribution in [0.15, 0.2) is 0 Å². The monoisotopic (exact) mass is 270 g/mol. The Kier molecular flexibility index (Phi) is 5.15. The molecular weight excluding hydrogens is 253 g/mol. The maximum Gasteiger partial charge on any atom is 0.415 e. The second-order valence-corrected chi connectivity index (χ2v) is 4.42. The Hall–Kier alpha value is -1.31. The lowest BCUT2D eigenvalue weighted by atomic mass is 9.99. The van der Waals surface area contributed by atoms with Gasteiger partial charge in [-0.15, -0.1) is 0 Å². The van der Waals surface area contributed by atoms with Crippen molar-refractivity contribution in [2.75, 3.05) is 7.11 Å². The number of ether oxygens (including phenoxy) is 1. The first kappa shape index (κ1) is 16.7. The van der Waals surface area contributed by atoms with Gasteiger partial charge in [-0.1, -0.05) is 13.8 Å².